The van der Waals surface area contributed by atoms with Crippen molar-refractivity contribution in [2.24, 2.45) is 10.4 Å². The van der Waals surface area contributed by atoms with Gasteiger partial charge in [0.05, 0.1) is 25.1 Å². The Hall–Kier alpha value is -9.11. The second-order valence-corrected chi connectivity index (χ2v) is 21.8. The van der Waals surface area contributed by atoms with Crippen molar-refractivity contribution >= 4 is 65.1 Å². The summed E-state index contributed by atoms with van der Waals surface area (Å²) in [5, 5.41) is 20.7. The van der Waals surface area contributed by atoms with E-state index in [1.54, 1.807) is 41.6 Å². The van der Waals surface area contributed by atoms with Gasteiger partial charge in [-0.2, -0.15) is 5.26 Å². The highest BCUT2D eigenvalue weighted by Crippen LogP contribution is 2.45. The van der Waals surface area contributed by atoms with Crippen molar-refractivity contribution in [1.29, 1.82) is 5.26 Å². The normalized spacial score (nSPS) is 18.3. The van der Waals surface area contributed by atoms with E-state index in [0.717, 1.165) is 108 Å². The zero-order valence-electron chi connectivity index (χ0n) is 50.0. The van der Waals surface area contributed by atoms with Crippen molar-refractivity contribution in [2.75, 3.05) is 57.6 Å². The molecule has 0 radical (unpaired) electrons. The Labute approximate surface area is 505 Å². The lowest BCUT2D eigenvalue weighted by Crippen LogP contribution is -2.64. The van der Waals surface area contributed by atoms with Crippen LogP contribution in [-0.4, -0.2) is 136 Å². The van der Waals surface area contributed by atoms with Gasteiger partial charge in [0.15, 0.2) is 43.4 Å². The van der Waals surface area contributed by atoms with Gasteiger partial charge in [0.1, 0.15) is 12.4 Å². The van der Waals surface area contributed by atoms with E-state index in [0.29, 0.717) is 37.4 Å². The highest BCUT2D eigenvalue weighted by molar-refractivity contribution is 5.94. The van der Waals surface area contributed by atoms with Crippen LogP contribution in [0.2, 0.25) is 0 Å². The Morgan fingerprint density at radius 3 is 2.02 bits per heavy atom. The zero-order valence-corrected chi connectivity index (χ0v) is 50.0. The Morgan fingerprint density at radius 1 is 0.747 bits per heavy atom. The number of hydrogen-bond acceptors (Lipinski definition) is 18. The summed E-state index contributed by atoms with van der Waals surface area (Å²) in [6, 6.07) is 24.2. The minimum absolute atomic E-state index is 0.0605. The predicted molar refractivity (Wildman–Crippen MR) is 314 cm³/mol. The van der Waals surface area contributed by atoms with Crippen LogP contribution >= 0.6 is 0 Å². The molecule has 2 aliphatic carbocycles. The number of nitrogens with zero attached hydrogens (tertiary/aromatic N) is 4. The minimum atomic E-state index is -1.75. The number of alkyl carbamates (subject to hydrolysis) is 1. The topological polar surface area (TPSA) is 302 Å². The largest absolute Gasteiger partial charge is 0.467 e. The number of aromatic nitrogens is 1. The molecule has 1 saturated heterocycles. The van der Waals surface area contributed by atoms with Crippen LogP contribution in [0.5, 0.6) is 5.75 Å². The molecule has 24 nitrogen and oxygen atoms in total. The number of fused-ring (bicyclic) bond motifs is 3. The number of anilines is 2. The van der Waals surface area contributed by atoms with Gasteiger partial charge in [0, 0.05) is 96.2 Å². The van der Waals surface area contributed by atoms with Gasteiger partial charge in [-0.25, -0.2) is 14.2 Å². The van der Waals surface area contributed by atoms with Crippen molar-refractivity contribution in [3.8, 4) is 23.1 Å². The first kappa shape index (κ1) is 65.4. The summed E-state index contributed by atoms with van der Waals surface area (Å²) in [5.41, 5.74) is 5.40. The highest BCUT2D eigenvalue weighted by Gasteiger charge is 2.56. The molecule has 3 aromatic carbocycles. The van der Waals surface area contributed by atoms with Gasteiger partial charge < -0.3 is 58.7 Å². The molecule has 1 saturated carbocycles. The fraction of sp³-hybridized carbons (Fsp3) is 0.476. The summed E-state index contributed by atoms with van der Waals surface area (Å²) in [4.78, 5) is 108. The molecule has 3 amide bonds. The van der Waals surface area contributed by atoms with Crippen LogP contribution in [0.1, 0.15) is 121 Å². The Bertz CT molecular complexity index is 3110. The van der Waals surface area contributed by atoms with Crippen LogP contribution in [0.3, 0.4) is 0 Å². The smallest absolute Gasteiger partial charge is 0.407 e. The maximum atomic E-state index is 13.8. The molecular weight excluding hydrogens is 1120 g/mol. The molecule has 1 aliphatic heterocycles. The molecule has 3 aliphatic rings. The van der Waals surface area contributed by atoms with E-state index < -0.39 is 66.6 Å². The van der Waals surface area contributed by atoms with Crippen LogP contribution in [-0.2, 0) is 73.3 Å². The molecule has 464 valence electrons. The second-order valence-electron chi connectivity index (χ2n) is 21.8. The van der Waals surface area contributed by atoms with E-state index in [1.165, 1.54) is 13.0 Å². The lowest BCUT2D eigenvalue weighted by Gasteiger charge is -2.43. The number of pyridine rings is 1. The van der Waals surface area contributed by atoms with Crippen LogP contribution in [0.4, 0.5) is 16.2 Å². The van der Waals surface area contributed by atoms with Crippen LogP contribution in [0.15, 0.2) is 96.2 Å². The van der Waals surface area contributed by atoms with Gasteiger partial charge >= 0.3 is 35.9 Å². The van der Waals surface area contributed by atoms with Gasteiger partial charge in [0.2, 0.25) is 30.2 Å². The molecule has 2 fully saturated rings. The molecule has 7 rings (SSSR count). The van der Waals surface area contributed by atoms with Crippen LogP contribution in [0, 0.1) is 16.9 Å². The van der Waals surface area contributed by atoms with E-state index in [9.17, 15) is 43.6 Å². The first-order valence-corrected chi connectivity index (χ1v) is 29.1. The third-order valence-corrected chi connectivity index (χ3v) is 15.1. The lowest BCUT2D eigenvalue weighted by atomic mass is 9.86. The summed E-state index contributed by atoms with van der Waals surface area (Å²) in [6.07, 6.45) is 4.78. The van der Waals surface area contributed by atoms with Crippen LogP contribution < -0.4 is 30.6 Å². The van der Waals surface area contributed by atoms with Crippen LogP contribution in [0.25, 0.3) is 11.1 Å². The monoisotopic (exact) mass is 1200 g/mol. The van der Waals surface area contributed by atoms with E-state index in [2.05, 4.69) is 26.3 Å². The van der Waals surface area contributed by atoms with E-state index in [-0.39, 0.29) is 66.7 Å². The summed E-state index contributed by atoms with van der Waals surface area (Å²) < 4.78 is 46.6. The van der Waals surface area contributed by atoms with E-state index in [4.69, 9.17) is 37.9 Å². The number of methoxy groups -OCH3 is 1. The SMILES string of the molecule is COC(=O)[C@H]1O[C@@H](Oc2ccc(C[n+]3ccc(NC(=NCCCCCCCC(=O)N(C)CC4(COC(C)=O)CCCC4)NC#N)cc3)cc2NC(=O)CCNC(=O)OCC2c3ccccc3-c3ccccc32)[C@H](OC(C)=O)[C@@H](OC(C)=O)[C@@H]1OC(C)=O. The fourth-order valence-corrected chi connectivity index (χ4v) is 11.1. The van der Waals surface area contributed by atoms with Crippen molar-refractivity contribution < 1.29 is 80.8 Å². The van der Waals surface area contributed by atoms with Gasteiger partial charge in [-0.15, -0.1) is 0 Å². The number of esters is 5. The molecular formula is C63H77N8O16+. The number of hydrogen-bond donors (Lipinski definition) is 4. The molecule has 2 heterocycles. The Morgan fingerprint density at radius 2 is 1.38 bits per heavy atom. The number of guanidine groups is 1. The Kier molecular flexibility index (Phi) is 24.0. The molecule has 0 bridgehead atoms. The van der Waals surface area contributed by atoms with Crippen molar-refractivity contribution in [1.82, 2.24) is 15.5 Å². The number of nitriles is 1. The first-order chi connectivity index (χ1) is 41.8. The zero-order chi connectivity index (χ0) is 62.5. The quantitative estimate of drug-likeness (QED) is 0.00703. The van der Waals surface area contributed by atoms with Gasteiger partial charge in [-0.1, -0.05) is 80.6 Å². The number of aliphatic imine (C=N–C) groups is 1. The molecule has 0 unspecified atom stereocenters. The summed E-state index contributed by atoms with van der Waals surface area (Å²) in [6.45, 7) is 6.17. The fourth-order valence-electron chi connectivity index (χ4n) is 11.1. The van der Waals surface area contributed by atoms with E-state index in [1.807, 2.05) is 66.3 Å². The van der Waals surface area contributed by atoms with Crippen molar-refractivity contribution in [2.45, 2.75) is 141 Å². The number of unbranched alkanes of at least 4 members (excludes halogenated alkanes) is 4. The average molecular weight is 1200 g/mol. The molecule has 1 aromatic heterocycles. The summed E-state index contributed by atoms with van der Waals surface area (Å²) in [5.74, 6) is -4.44. The number of amides is 3. The maximum absolute atomic E-state index is 13.8. The van der Waals surface area contributed by atoms with Crippen molar-refractivity contribution in [3.05, 3.63) is 108 Å². The van der Waals surface area contributed by atoms with Gasteiger partial charge in [-0.05, 0) is 66.1 Å². The standard InChI is InChI=1S/C63H76N8O16/c1-40(72)82-38-63(28-15-16-29-63)37-70(5)54(77)22-10-8-7-9-17-30-65-61(67-39-64)68-45-26-32-71(33-27-45)35-44-23-24-52(86-60-58(85-43(4)75)56(84-42(3)74)55(83-41(2)73)57(87-60)59(78)80-6)51(34-44)69-53(76)25-31-66-62(79)81-36-50-48-20-13-11-18-46(48)47-19-12-14-21-49(47)50/h11-14,18-21,23-24,26-27,32-34,50,55-58,60H,7-10,15-17,22,25,28-31,35-38H2,1-6H3,(H3,65,66,67,69,76,79)/p+1/t55-,56-,57-,58+,60+/m0/s1. The summed E-state index contributed by atoms with van der Waals surface area (Å²) >= 11 is 0. The molecule has 4 N–H and O–H groups in total. The molecule has 87 heavy (non-hydrogen) atoms. The Balaban J connectivity index is 0.982. The number of ether oxygens (including phenoxy) is 8. The number of benzene rings is 3. The third kappa shape index (κ3) is 18.9. The minimum Gasteiger partial charge on any atom is -0.467 e. The number of carbonyl (C=O) groups excluding carboxylic acids is 8. The summed E-state index contributed by atoms with van der Waals surface area (Å²) in [7, 11) is 2.89. The molecule has 5 atom stereocenters. The lowest BCUT2D eigenvalue weighted by molar-refractivity contribution is -0.688. The van der Waals surface area contributed by atoms with Crippen molar-refractivity contribution in [3.63, 3.8) is 0 Å². The van der Waals surface area contributed by atoms with Gasteiger partial charge in [-0.3, -0.25) is 39.1 Å². The predicted octanol–water partition coefficient (Wildman–Crippen LogP) is 6.72. The number of rotatable bonds is 27. The number of carbonyl (C=O) groups is 8. The van der Waals surface area contributed by atoms with Gasteiger partial charge in [0.25, 0.3) is 0 Å². The molecule has 4 aromatic rings. The molecule has 24 heteroatoms. The maximum Gasteiger partial charge on any atom is 0.407 e. The molecule has 0 spiro atoms. The highest BCUT2D eigenvalue weighted by atomic mass is 16.7. The average Bonchev–Trinajstić information content (AvgIpc) is 2.23. The third-order valence-electron chi connectivity index (χ3n) is 15.1. The first-order valence-electron chi connectivity index (χ1n) is 29.1. The van der Waals surface area contributed by atoms with E-state index >= 15 is 0 Å². The second kappa shape index (κ2) is 31.9. The number of nitrogens with one attached hydrogen (secondary N) is 4.